The van der Waals surface area contributed by atoms with Gasteiger partial charge in [-0.1, -0.05) is 6.07 Å². The van der Waals surface area contributed by atoms with Crippen molar-refractivity contribution in [3.8, 4) is 0 Å². The van der Waals surface area contributed by atoms with Crippen molar-refractivity contribution in [1.29, 1.82) is 0 Å². The molecule has 2 aromatic rings. The molecule has 4 nitrogen and oxygen atoms in total. The Morgan fingerprint density at radius 1 is 1.09 bits per heavy atom. The first kappa shape index (κ1) is 16.0. The summed E-state index contributed by atoms with van der Waals surface area (Å²) < 4.78 is 51.8. The molecule has 1 heterocycles. The first-order valence-electron chi connectivity index (χ1n) is 6.49. The second-order valence-electron chi connectivity index (χ2n) is 4.89. The van der Waals surface area contributed by atoms with E-state index in [1.807, 2.05) is 0 Å². The molecule has 1 aromatic heterocycles. The molecule has 0 fully saturated rings. The Bertz CT molecular complexity index is 656. The maximum absolute atomic E-state index is 13.1. The third-order valence-corrected chi connectivity index (χ3v) is 2.53. The second-order valence-corrected chi connectivity index (χ2v) is 4.89. The first-order chi connectivity index (χ1) is 10.2. The number of benzene rings is 1. The summed E-state index contributed by atoms with van der Waals surface area (Å²) in [4.78, 5) is 7.40. The maximum Gasteiger partial charge on any atom is 0.433 e. The van der Waals surface area contributed by atoms with Gasteiger partial charge >= 0.3 is 6.18 Å². The zero-order valence-corrected chi connectivity index (χ0v) is 11.9. The lowest BCUT2D eigenvalue weighted by Crippen LogP contribution is -2.17. The lowest BCUT2D eigenvalue weighted by molar-refractivity contribution is -0.141. The van der Waals surface area contributed by atoms with Crippen LogP contribution in [0.3, 0.4) is 0 Å². The molecule has 2 N–H and O–H groups in total. The van der Waals surface area contributed by atoms with E-state index in [2.05, 4.69) is 20.6 Å². The molecule has 2 rings (SSSR count). The molecular formula is C14H14F4N4. The van der Waals surface area contributed by atoms with E-state index in [4.69, 9.17) is 0 Å². The van der Waals surface area contributed by atoms with Gasteiger partial charge in [-0.05, 0) is 32.0 Å². The molecule has 0 aliphatic rings. The predicted molar refractivity (Wildman–Crippen MR) is 75.5 cm³/mol. The van der Waals surface area contributed by atoms with Crippen LogP contribution in [0.2, 0.25) is 0 Å². The van der Waals surface area contributed by atoms with Gasteiger partial charge in [0.25, 0.3) is 0 Å². The first-order valence-corrected chi connectivity index (χ1v) is 6.49. The van der Waals surface area contributed by atoms with Crippen molar-refractivity contribution in [2.75, 3.05) is 10.6 Å². The summed E-state index contributed by atoms with van der Waals surface area (Å²) in [5.41, 5.74) is -0.785. The molecule has 0 amide bonds. The summed E-state index contributed by atoms with van der Waals surface area (Å²) >= 11 is 0. The van der Waals surface area contributed by atoms with Crippen LogP contribution < -0.4 is 10.6 Å². The van der Waals surface area contributed by atoms with E-state index in [-0.39, 0.29) is 17.8 Å². The summed E-state index contributed by atoms with van der Waals surface area (Å²) in [6.07, 6.45) is -4.60. The minimum Gasteiger partial charge on any atom is -0.352 e. The van der Waals surface area contributed by atoms with E-state index in [1.165, 1.54) is 18.2 Å². The van der Waals surface area contributed by atoms with Crippen LogP contribution in [0.25, 0.3) is 0 Å². The molecule has 8 heteroatoms. The van der Waals surface area contributed by atoms with Gasteiger partial charge in [-0.15, -0.1) is 0 Å². The van der Waals surface area contributed by atoms with Gasteiger partial charge in [0, 0.05) is 17.8 Å². The quantitative estimate of drug-likeness (QED) is 0.831. The Labute approximate surface area is 124 Å². The van der Waals surface area contributed by atoms with Crippen LogP contribution in [0.1, 0.15) is 19.5 Å². The molecule has 0 unspecified atom stereocenters. The lowest BCUT2D eigenvalue weighted by Gasteiger charge is -2.14. The molecule has 0 aliphatic heterocycles. The van der Waals surface area contributed by atoms with Gasteiger partial charge in [-0.3, -0.25) is 0 Å². The third-order valence-electron chi connectivity index (χ3n) is 2.53. The minimum absolute atomic E-state index is 0.0731. The predicted octanol–water partition coefficient (Wildman–Crippen LogP) is 4.20. The highest BCUT2D eigenvalue weighted by atomic mass is 19.4. The average molecular weight is 314 g/mol. The monoisotopic (exact) mass is 314 g/mol. The molecule has 0 bridgehead atoms. The fourth-order valence-corrected chi connectivity index (χ4v) is 1.69. The Hall–Kier alpha value is -2.38. The van der Waals surface area contributed by atoms with Gasteiger partial charge in [0.05, 0.1) is 0 Å². The summed E-state index contributed by atoms with van der Waals surface area (Å²) in [5, 5.41) is 5.36. The van der Waals surface area contributed by atoms with Gasteiger partial charge in [-0.2, -0.15) is 18.2 Å². The zero-order chi connectivity index (χ0) is 16.3. The molecule has 0 aliphatic carbocycles. The minimum atomic E-state index is -4.60. The van der Waals surface area contributed by atoms with Crippen molar-refractivity contribution in [1.82, 2.24) is 9.97 Å². The molecule has 0 radical (unpaired) electrons. The maximum atomic E-state index is 13.1. The summed E-state index contributed by atoms with van der Waals surface area (Å²) in [5.74, 6) is -0.726. The largest absolute Gasteiger partial charge is 0.433 e. The van der Waals surface area contributed by atoms with Crippen LogP contribution in [0.4, 0.5) is 35.0 Å². The number of hydrogen-bond acceptors (Lipinski definition) is 4. The highest BCUT2D eigenvalue weighted by Gasteiger charge is 2.33. The summed E-state index contributed by atoms with van der Waals surface area (Å²) in [6.45, 7) is 3.51. The van der Waals surface area contributed by atoms with Crippen molar-refractivity contribution in [3.05, 3.63) is 41.8 Å². The second kappa shape index (κ2) is 6.17. The number of aromatic nitrogens is 2. The van der Waals surface area contributed by atoms with Gasteiger partial charge in [0.15, 0.2) is 5.69 Å². The van der Waals surface area contributed by atoms with Crippen LogP contribution in [0.15, 0.2) is 30.3 Å². The standard InChI is InChI=1S/C14H14F4N4/c1-8(2)19-13-21-11(14(16,17)18)7-12(22-13)20-10-5-3-4-9(15)6-10/h3-8H,1-2H3,(H2,19,20,21,22). The summed E-state index contributed by atoms with van der Waals surface area (Å²) in [7, 11) is 0. The number of nitrogens with one attached hydrogen (secondary N) is 2. The van der Waals surface area contributed by atoms with Gasteiger partial charge in [0.1, 0.15) is 11.6 Å². The van der Waals surface area contributed by atoms with Crippen LogP contribution in [-0.4, -0.2) is 16.0 Å². The van der Waals surface area contributed by atoms with Gasteiger partial charge in [-0.25, -0.2) is 9.37 Å². The van der Waals surface area contributed by atoms with Crippen molar-refractivity contribution in [2.24, 2.45) is 0 Å². The van der Waals surface area contributed by atoms with E-state index in [0.29, 0.717) is 5.69 Å². The zero-order valence-electron chi connectivity index (χ0n) is 11.9. The molecular weight excluding hydrogens is 300 g/mol. The molecule has 0 saturated carbocycles. The highest BCUT2D eigenvalue weighted by Crippen LogP contribution is 2.30. The Balaban J connectivity index is 2.37. The molecule has 0 saturated heterocycles. The smallest absolute Gasteiger partial charge is 0.352 e. The number of nitrogens with zero attached hydrogens (tertiary/aromatic N) is 2. The van der Waals surface area contributed by atoms with E-state index in [1.54, 1.807) is 13.8 Å². The van der Waals surface area contributed by atoms with Crippen LogP contribution >= 0.6 is 0 Å². The molecule has 0 atom stereocenters. The van der Waals surface area contributed by atoms with Gasteiger partial charge < -0.3 is 10.6 Å². The number of rotatable bonds is 4. The topological polar surface area (TPSA) is 49.8 Å². The normalized spacial score (nSPS) is 11.6. The van der Waals surface area contributed by atoms with Crippen molar-refractivity contribution >= 4 is 17.5 Å². The number of anilines is 3. The number of alkyl halides is 3. The number of hydrogen-bond donors (Lipinski definition) is 2. The fraction of sp³-hybridized carbons (Fsp3) is 0.286. The molecule has 0 spiro atoms. The number of halogens is 4. The lowest BCUT2D eigenvalue weighted by atomic mass is 10.3. The molecule has 1 aromatic carbocycles. The van der Waals surface area contributed by atoms with Crippen LogP contribution in [0.5, 0.6) is 0 Å². The van der Waals surface area contributed by atoms with E-state index in [0.717, 1.165) is 12.1 Å². The Morgan fingerprint density at radius 3 is 2.41 bits per heavy atom. The van der Waals surface area contributed by atoms with Crippen LogP contribution in [-0.2, 0) is 6.18 Å². The van der Waals surface area contributed by atoms with Crippen molar-refractivity contribution in [2.45, 2.75) is 26.1 Å². The SMILES string of the molecule is CC(C)Nc1nc(Nc2cccc(F)c2)cc(C(F)(F)F)n1. The Morgan fingerprint density at radius 2 is 1.82 bits per heavy atom. The highest BCUT2D eigenvalue weighted by molar-refractivity contribution is 5.57. The van der Waals surface area contributed by atoms with Crippen molar-refractivity contribution < 1.29 is 17.6 Å². The van der Waals surface area contributed by atoms with E-state index < -0.39 is 17.7 Å². The van der Waals surface area contributed by atoms with E-state index in [9.17, 15) is 17.6 Å². The average Bonchev–Trinajstić information content (AvgIpc) is 2.36. The fourth-order valence-electron chi connectivity index (χ4n) is 1.69. The molecule has 22 heavy (non-hydrogen) atoms. The van der Waals surface area contributed by atoms with Gasteiger partial charge in [0.2, 0.25) is 5.95 Å². The summed E-state index contributed by atoms with van der Waals surface area (Å²) in [6, 6.07) is 6.00. The van der Waals surface area contributed by atoms with Crippen LogP contribution in [0, 0.1) is 5.82 Å². The molecule has 118 valence electrons. The van der Waals surface area contributed by atoms with E-state index >= 15 is 0 Å². The van der Waals surface area contributed by atoms with Crippen molar-refractivity contribution in [3.63, 3.8) is 0 Å². The third kappa shape index (κ3) is 4.31. The Kier molecular flexibility index (Phi) is 4.48.